The maximum absolute atomic E-state index is 13.5. The van der Waals surface area contributed by atoms with Crippen LogP contribution in [-0.4, -0.2) is 47.0 Å². The molecule has 0 heterocycles. The molecule has 0 saturated heterocycles. The van der Waals surface area contributed by atoms with Gasteiger partial charge in [0.05, 0.1) is 0 Å². The van der Waals surface area contributed by atoms with Crippen molar-refractivity contribution in [1.82, 2.24) is 15.5 Å². The Kier molecular flexibility index (Phi) is 8.70. The Morgan fingerprint density at radius 3 is 2.41 bits per heavy atom. The van der Waals surface area contributed by atoms with Gasteiger partial charge in [-0.2, -0.15) is 0 Å². The van der Waals surface area contributed by atoms with E-state index >= 15 is 0 Å². The molecule has 32 heavy (non-hydrogen) atoms. The van der Waals surface area contributed by atoms with Crippen molar-refractivity contribution >= 4 is 17.9 Å². The number of ether oxygens (including phenoxy) is 1. The molecule has 0 aromatic heterocycles. The standard InChI is InChI=1S/C25H39N3O4/c1-8-10-17(3)27-23(30)22(20-12-9-11-16(2)18(20)4)28(19-13-14-19)21(29)15-26-24(31)32-25(5,6)7/h9,11-12,17,19,22H,8,10,13-15H2,1-7H3,(H,26,31)(H,27,30). The molecule has 2 N–H and O–H groups in total. The van der Waals surface area contributed by atoms with Gasteiger partial charge in [0.2, 0.25) is 11.8 Å². The van der Waals surface area contributed by atoms with Gasteiger partial charge < -0.3 is 20.3 Å². The summed E-state index contributed by atoms with van der Waals surface area (Å²) >= 11 is 0. The van der Waals surface area contributed by atoms with E-state index in [0.29, 0.717) is 0 Å². The first-order chi connectivity index (χ1) is 14.9. The number of amides is 3. The van der Waals surface area contributed by atoms with Crippen LogP contribution in [0.15, 0.2) is 18.2 Å². The summed E-state index contributed by atoms with van der Waals surface area (Å²) < 4.78 is 5.25. The van der Waals surface area contributed by atoms with Crippen LogP contribution in [0.5, 0.6) is 0 Å². The molecule has 1 saturated carbocycles. The van der Waals surface area contributed by atoms with Crippen LogP contribution in [0.2, 0.25) is 0 Å². The van der Waals surface area contributed by atoms with Gasteiger partial charge in [0, 0.05) is 12.1 Å². The number of nitrogens with one attached hydrogen (secondary N) is 2. The zero-order chi connectivity index (χ0) is 24.1. The number of hydrogen-bond acceptors (Lipinski definition) is 4. The van der Waals surface area contributed by atoms with Crippen LogP contribution in [0.25, 0.3) is 0 Å². The minimum Gasteiger partial charge on any atom is -0.444 e. The average Bonchev–Trinajstić information content (AvgIpc) is 3.50. The molecule has 1 fully saturated rings. The molecular formula is C25H39N3O4. The highest BCUT2D eigenvalue weighted by Gasteiger charge is 2.42. The van der Waals surface area contributed by atoms with Gasteiger partial charge in [-0.3, -0.25) is 9.59 Å². The molecule has 178 valence electrons. The van der Waals surface area contributed by atoms with Crippen LogP contribution < -0.4 is 10.6 Å². The van der Waals surface area contributed by atoms with Crippen LogP contribution in [0, 0.1) is 13.8 Å². The Morgan fingerprint density at radius 1 is 1.19 bits per heavy atom. The molecule has 2 rings (SSSR count). The monoisotopic (exact) mass is 445 g/mol. The summed E-state index contributed by atoms with van der Waals surface area (Å²) in [5.74, 6) is -0.472. The lowest BCUT2D eigenvalue weighted by Gasteiger charge is -2.33. The average molecular weight is 446 g/mol. The molecule has 0 bridgehead atoms. The molecule has 1 aromatic rings. The molecule has 1 aliphatic rings. The number of rotatable bonds is 9. The second-order valence-corrected chi connectivity index (χ2v) is 9.78. The molecule has 1 aliphatic carbocycles. The topological polar surface area (TPSA) is 87.7 Å². The summed E-state index contributed by atoms with van der Waals surface area (Å²) in [6, 6.07) is 5.09. The summed E-state index contributed by atoms with van der Waals surface area (Å²) in [4.78, 5) is 40.5. The molecule has 2 atom stereocenters. The zero-order valence-electron chi connectivity index (χ0n) is 20.6. The fourth-order valence-electron chi connectivity index (χ4n) is 3.78. The minimum absolute atomic E-state index is 0.0103. The largest absolute Gasteiger partial charge is 0.444 e. The van der Waals surface area contributed by atoms with Crippen molar-refractivity contribution in [2.45, 2.75) is 97.9 Å². The highest BCUT2D eigenvalue weighted by molar-refractivity contribution is 5.91. The van der Waals surface area contributed by atoms with Crippen LogP contribution >= 0.6 is 0 Å². The quantitative estimate of drug-likeness (QED) is 0.597. The lowest BCUT2D eigenvalue weighted by atomic mass is 9.95. The van der Waals surface area contributed by atoms with E-state index in [1.165, 1.54) is 0 Å². The highest BCUT2D eigenvalue weighted by atomic mass is 16.6. The SMILES string of the molecule is CCCC(C)NC(=O)C(c1cccc(C)c1C)N(C(=O)CNC(=O)OC(C)(C)C)C1CC1. The number of hydrogen-bond donors (Lipinski definition) is 2. The third kappa shape index (κ3) is 7.24. The smallest absolute Gasteiger partial charge is 0.408 e. The second-order valence-electron chi connectivity index (χ2n) is 9.78. The predicted octanol–water partition coefficient (Wildman–Crippen LogP) is 4.17. The van der Waals surface area contributed by atoms with Crippen molar-refractivity contribution in [2.75, 3.05) is 6.54 Å². The predicted molar refractivity (Wildman–Crippen MR) is 125 cm³/mol. The Labute approximate surface area is 192 Å². The number of benzene rings is 1. The Bertz CT molecular complexity index is 827. The van der Waals surface area contributed by atoms with Crippen molar-refractivity contribution < 1.29 is 19.1 Å². The van der Waals surface area contributed by atoms with Crippen LogP contribution in [0.1, 0.15) is 83.0 Å². The molecule has 1 aromatic carbocycles. The summed E-state index contributed by atoms with van der Waals surface area (Å²) in [5.41, 5.74) is 2.23. The molecule has 0 aliphatic heterocycles. The van der Waals surface area contributed by atoms with Crippen molar-refractivity contribution in [3.05, 3.63) is 34.9 Å². The van der Waals surface area contributed by atoms with Crippen molar-refractivity contribution in [3.8, 4) is 0 Å². The third-order valence-corrected chi connectivity index (χ3v) is 5.59. The second kappa shape index (κ2) is 10.8. The summed E-state index contributed by atoms with van der Waals surface area (Å²) in [6.07, 6.45) is 2.86. The lowest BCUT2D eigenvalue weighted by Crippen LogP contribution is -2.50. The van der Waals surface area contributed by atoms with Crippen molar-refractivity contribution in [1.29, 1.82) is 0 Å². The molecular weight excluding hydrogens is 406 g/mol. The molecule has 0 spiro atoms. The van der Waals surface area contributed by atoms with E-state index in [9.17, 15) is 14.4 Å². The van der Waals surface area contributed by atoms with E-state index in [-0.39, 0.29) is 30.4 Å². The van der Waals surface area contributed by atoms with E-state index in [1.54, 1.807) is 25.7 Å². The van der Waals surface area contributed by atoms with Gasteiger partial charge in [-0.05, 0) is 77.5 Å². The lowest BCUT2D eigenvalue weighted by molar-refractivity contribution is -0.141. The van der Waals surface area contributed by atoms with Gasteiger partial charge in [0.1, 0.15) is 18.2 Å². The van der Waals surface area contributed by atoms with Crippen molar-refractivity contribution in [2.24, 2.45) is 0 Å². The van der Waals surface area contributed by atoms with Gasteiger partial charge in [-0.15, -0.1) is 0 Å². The van der Waals surface area contributed by atoms with E-state index in [1.807, 2.05) is 39.0 Å². The summed E-state index contributed by atoms with van der Waals surface area (Å²) in [6.45, 7) is 13.1. The third-order valence-electron chi connectivity index (χ3n) is 5.59. The Balaban J connectivity index is 2.31. The molecule has 7 heteroatoms. The first kappa shape index (κ1) is 25.7. The van der Waals surface area contributed by atoms with Gasteiger partial charge in [-0.1, -0.05) is 31.5 Å². The van der Waals surface area contributed by atoms with Crippen molar-refractivity contribution in [3.63, 3.8) is 0 Å². The van der Waals surface area contributed by atoms with Crippen LogP contribution in [-0.2, 0) is 14.3 Å². The first-order valence-corrected chi connectivity index (χ1v) is 11.6. The van der Waals surface area contributed by atoms with E-state index in [0.717, 1.165) is 42.4 Å². The number of nitrogens with zero attached hydrogens (tertiary/aromatic N) is 1. The number of carbonyl (C=O) groups is 3. The molecule has 7 nitrogen and oxygen atoms in total. The van der Waals surface area contributed by atoms with Crippen LogP contribution in [0.4, 0.5) is 4.79 Å². The fraction of sp³-hybridized carbons (Fsp3) is 0.640. The van der Waals surface area contributed by atoms with Crippen LogP contribution in [0.3, 0.4) is 0 Å². The van der Waals surface area contributed by atoms with Gasteiger partial charge in [0.25, 0.3) is 0 Å². The first-order valence-electron chi connectivity index (χ1n) is 11.6. The number of aryl methyl sites for hydroxylation is 1. The van der Waals surface area contributed by atoms with E-state index in [4.69, 9.17) is 4.74 Å². The van der Waals surface area contributed by atoms with E-state index in [2.05, 4.69) is 17.6 Å². The van der Waals surface area contributed by atoms with Gasteiger partial charge in [-0.25, -0.2) is 4.79 Å². The highest BCUT2D eigenvalue weighted by Crippen LogP contribution is 2.36. The zero-order valence-corrected chi connectivity index (χ0v) is 20.6. The maximum Gasteiger partial charge on any atom is 0.408 e. The fourth-order valence-corrected chi connectivity index (χ4v) is 3.78. The van der Waals surface area contributed by atoms with Gasteiger partial charge in [0.15, 0.2) is 0 Å². The maximum atomic E-state index is 13.5. The number of alkyl carbamates (subject to hydrolysis) is 1. The minimum atomic E-state index is -0.741. The molecule has 2 unspecified atom stereocenters. The van der Waals surface area contributed by atoms with Gasteiger partial charge >= 0.3 is 6.09 Å². The number of carbonyl (C=O) groups excluding carboxylic acids is 3. The van der Waals surface area contributed by atoms with E-state index < -0.39 is 17.7 Å². The summed E-state index contributed by atoms with van der Waals surface area (Å²) in [7, 11) is 0. The molecule has 0 radical (unpaired) electrons. The Hall–Kier alpha value is -2.57. The molecule has 3 amide bonds. The Morgan fingerprint density at radius 2 is 1.84 bits per heavy atom. The normalized spacial score (nSPS) is 15.5. The summed E-state index contributed by atoms with van der Waals surface area (Å²) in [5, 5.41) is 5.65.